The highest BCUT2D eigenvalue weighted by Crippen LogP contribution is 2.28. The highest BCUT2D eigenvalue weighted by molar-refractivity contribution is 6.20. The quantitative estimate of drug-likeness (QED) is 0.674. The molecule has 1 fully saturated rings. The molecule has 0 amide bonds. The van der Waals surface area contributed by atoms with Crippen molar-refractivity contribution in [3.05, 3.63) is 0 Å². The lowest BCUT2D eigenvalue weighted by atomic mass is 9.99. The standard InChI is InChI=1S/C10H19ClO5/c1-12-5-6-7(13-2)8(14-3)9(15-4)10(11)16-6/h6-10H,5H2,1-4H3/t6-,7-,8+,9-,10+/m1/s1. The summed E-state index contributed by atoms with van der Waals surface area (Å²) in [6.45, 7) is 0.401. The third-order valence-electron chi connectivity index (χ3n) is 2.72. The number of hydrogen-bond donors (Lipinski definition) is 0. The molecule has 0 radical (unpaired) electrons. The summed E-state index contributed by atoms with van der Waals surface area (Å²) >= 11 is 6.07. The third kappa shape index (κ3) is 2.85. The molecule has 1 aliphatic rings. The molecule has 0 aromatic rings. The minimum atomic E-state index is -0.568. The van der Waals surface area contributed by atoms with Gasteiger partial charge in [-0.3, -0.25) is 0 Å². The van der Waals surface area contributed by atoms with Crippen molar-refractivity contribution < 1.29 is 23.7 Å². The lowest BCUT2D eigenvalue weighted by Crippen LogP contribution is -2.59. The fourth-order valence-corrected chi connectivity index (χ4v) is 2.34. The maximum Gasteiger partial charge on any atom is 0.160 e. The van der Waals surface area contributed by atoms with Crippen molar-refractivity contribution >= 4 is 11.6 Å². The van der Waals surface area contributed by atoms with Crippen LogP contribution in [-0.4, -0.2) is 65.0 Å². The maximum atomic E-state index is 6.07. The first-order chi connectivity index (χ1) is 7.69. The molecule has 0 N–H and O–H groups in total. The van der Waals surface area contributed by atoms with Crippen LogP contribution in [0, 0.1) is 0 Å². The monoisotopic (exact) mass is 254 g/mol. The summed E-state index contributed by atoms with van der Waals surface area (Å²) in [6, 6.07) is 0. The van der Waals surface area contributed by atoms with Crippen LogP contribution in [0.2, 0.25) is 0 Å². The molecule has 0 aromatic carbocycles. The van der Waals surface area contributed by atoms with Gasteiger partial charge in [-0.2, -0.15) is 0 Å². The Labute approximate surface area is 101 Å². The SMILES string of the molecule is COC[C@H]1O[C@H](Cl)[C@H](OC)[C@@H](OC)[C@@H]1OC. The highest BCUT2D eigenvalue weighted by Gasteiger charge is 2.46. The van der Waals surface area contributed by atoms with Crippen LogP contribution in [-0.2, 0) is 23.7 Å². The molecular weight excluding hydrogens is 236 g/mol. The van der Waals surface area contributed by atoms with Gasteiger partial charge in [0.15, 0.2) is 5.56 Å². The van der Waals surface area contributed by atoms with E-state index in [1.807, 2.05) is 0 Å². The number of alkyl halides is 1. The van der Waals surface area contributed by atoms with Gasteiger partial charge >= 0.3 is 0 Å². The Kier molecular flexibility index (Phi) is 5.96. The van der Waals surface area contributed by atoms with Crippen LogP contribution in [0.4, 0.5) is 0 Å². The van der Waals surface area contributed by atoms with Crippen molar-refractivity contribution in [1.82, 2.24) is 0 Å². The van der Waals surface area contributed by atoms with Crippen molar-refractivity contribution in [3.63, 3.8) is 0 Å². The molecule has 1 aliphatic heterocycles. The molecule has 0 saturated carbocycles. The molecule has 0 aliphatic carbocycles. The second-order valence-electron chi connectivity index (χ2n) is 3.58. The predicted octanol–water partition coefficient (Wildman–Crippen LogP) is 0.641. The van der Waals surface area contributed by atoms with Crippen LogP contribution < -0.4 is 0 Å². The number of hydrogen-bond acceptors (Lipinski definition) is 5. The Morgan fingerprint density at radius 3 is 1.94 bits per heavy atom. The normalized spacial score (nSPS) is 39.9. The average Bonchev–Trinajstić information content (AvgIpc) is 2.28. The van der Waals surface area contributed by atoms with E-state index in [9.17, 15) is 0 Å². The number of rotatable bonds is 5. The molecule has 96 valence electrons. The van der Waals surface area contributed by atoms with Crippen LogP contribution in [0.3, 0.4) is 0 Å². The fourth-order valence-electron chi connectivity index (χ4n) is 1.96. The first-order valence-electron chi connectivity index (χ1n) is 5.06. The van der Waals surface area contributed by atoms with Gasteiger partial charge < -0.3 is 23.7 Å². The zero-order chi connectivity index (χ0) is 12.1. The summed E-state index contributed by atoms with van der Waals surface area (Å²) < 4.78 is 26.6. The Morgan fingerprint density at radius 1 is 0.938 bits per heavy atom. The summed E-state index contributed by atoms with van der Waals surface area (Å²) in [7, 11) is 6.37. The highest BCUT2D eigenvalue weighted by atomic mass is 35.5. The Hall–Kier alpha value is 0.0900. The molecule has 1 rings (SSSR count). The van der Waals surface area contributed by atoms with Crippen molar-refractivity contribution in [1.29, 1.82) is 0 Å². The van der Waals surface area contributed by atoms with E-state index in [0.717, 1.165) is 0 Å². The topological polar surface area (TPSA) is 46.2 Å². The van der Waals surface area contributed by atoms with E-state index >= 15 is 0 Å². The van der Waals surface area contributed by atoms with Crippen LogP contribution >= 0.6 is 11.6 Å². The first kappa shape index (κ1) is 14.2. The van der Waals surface area contributed by atoms with Gasteiger partial charge in [-0.25, -0.2) is 0 Å². The molecule has 16 heavy (non-hydrogen) atoms. The van der Waals surface area contributed by atoms with Gasteiger partial charge in [0.25, 0.3) is 0 Å². The lowest BCUT2D eigenvalue weighted by molar-refractivity contribution is -0.230. The van der Waals surface area contributed by atoms with Crippen LogP contribution in [0.1, 0.15) is 0 Å². The average molecular weight is 255 g/mol. The van der Waals surface area contributed by atoms with Crippen molar-refractivity contribution in [2.45, 2.75) is 30.0 Å². The summed E-state index contributed by atoms with van der Waals surface area (Å²) in [5.41, 5.74) is -0.568. The van der Waals surface area contributed by atoms with Gasteiger partial charge in [0.05, 0.1) is 6.61 Å². The molecule has 0 aromatic heterocycles. The van der Waals surface area contributed by atoms with Gasteiger partial charge in [-0.05, 0) is 0 Å². The summed E-state index contributed by atoms with van der Waals surface area (Å²) in [5, 5.41) is 0. The summed E-state index contributed by atoms with van der Waals surface area (Å²) in [6.07, 6.45) is -1.14. The molecule has 0 unspecified atom stereocenters. The van der Waals surface area contributed by atoms with Crippen molar-refractivity contribution in [3.8, 4) is 0 Å². The van der Waals surface area contributed by atoms with Crippen molar-refractivity contribution in [2.75, 3.05) is 35.0 Å². The van der Waals surface area contributed by atoms with E-state index in [2.05, 4.69) is 0 Å². The molecule has 0 bridgehead atoms. The van der Waals surface area contributed by atoms with Crippen LogP contribution in [0.25, 0.3) is 0 Å². The van der Waals surface area contributed by atoms with Gasteiger partial charge in [0.2, 0.25) is 0 Å². The Morgan fingerprint density at radius 2 is 1.50 bits per heavy atom. The minimum absolute atomic E-state index is 0.256. The summed E-state index contributed by atoms with van der Waals surface area (Å²) in [4.78, 5) is 0. The fraction of sp³-hybridized carbons (Fsp3) is 1.00. The van der Waals surface area contributed by atoms with Gasteiger partial charge in [-0.15, -0.1) is 0 Å². The zero-order valence-electron chi connectivity index (χ0n) is 10.0. The lowest BCUT2D eigenvalue weighted by Gasteiger charge is -2.42. The van der Waals surface area contributed by atoms with E-state index in [1.54, 1.807) is 28.4 Å². The maximum absolute atomic E-state index is 6.07. The molecule has 6 heteroatoms. The van der Waals surface area contributed by atoms with Gasteiger partial charge in [-0.1, -0.05) is 11.6 Å². The van der Waals surface area contributed by atoms with E-state index in [0.29, 0.717) is 6.61 Å². The molecule has 1 saturated heterocycles. The second-order valence-corrected chi connectivity index (χ2v) is 4.01. The predicted molar refractivity (Wildman–Crippen MR) is 58.8 cm³/mol. The van der Waals surface area contributed by atoms with Crippen LogP contribution in [0.5, 0.6) is 0 Å². The molecular formula is C10H19ClO5. The first-order valence-corrected chi connectivity index (χ1v) is 5.50. The molecule has 5 atom stereocenters. The Balaban J connectivity index is 2.78. The van der Waals surface area contributed by atoms with Gasteiger partial charge in [0.1, 0.15) is 24.4 Å². The zero-order valence-corrected chi connectivity index (χ0v) is 10.8. The van der Waals surface area contributed by atoms with Crippen LogP contribution in [0.15, 0.2) is 0 Å². The van der Waals surface area contributed by atoms with E-state index in [1.165, 1.54) is 0 Å². The number of ether oxygens (including phenoxy) is 5. The Bertz CT molecular complexity index is 204. The minimum Gasteiger partial charge on any atom is -0.382 e. The number of methoxy groups -OCH3 is 4. The van der Waals surface area contributed by atoms with Crippen molar-refractivity contribution in [2.24, 2.45) is 0 Å². The van der Waals surface area contributed by atoms with Gasteiger partial charge in [0, 0.05) is 28.4 Å². The van der Waals surface area contributed by atoms with E-state index in [4.69, 9.17) is 35.3 Å². The summed E-state index contributed by atoms with van der Waals surface area (Å²) in [5.74, 6) is 0. The second kappa shape index (κ2) is 6.74. The molecule has 0 spiro atoms. The molecule has 1 heterocycles. The number of halogens is 1. The molecule has 5 nitrogen and oxygen atoms in total. The third-order valence-corrected chi connectivity index (χ3v) is 3.08. The largest absolute Gasteiger partial charge is 0.382 e. The van der Waals surface area contributed by atoms with E-state index in [-0.39, 0.29) is 24.4 Å². The van der Waals surface area contributed by atoms with E-state index < -0.39 is 5.56 Å². The smallest absolute Gasteiger partial charge is 0.160 e.